The van der Waals surface area contributed by atoms with E-state index < -0.39 is 0 Å². The molecule has 2 rings (SSSR count). The quantitative estimate of drug-likeness (QED) is 0.225. The van der Waals surface area contributed by atoms with Gasteiger partial charge in [0, 0.05) is 40.0 Å². The lowest BCUT2D eigenvalue weighted by Gasteiger charge is -2.40. The number of nitrogens with one attached hydrogen (secondary N) is 2. The molecule has 0 radical (unpaired) electrons. The minimum Gasteiger partial charge on any atom is -0.385 e. The summed E-state index contributed by atoms with van der Waals surface area (Å²) < 4.78 is 10.9. The monoisotopic (exact) mass is 439 g/mol. The molecule has 23 heavy (non-hydrogen) atoms. The van der Waals surface area contributed by atoms with Gasteiger partial charge in [-0.05, 0) is 50.4 Å². The lowest BCUT2D eigenvalue weighted by atomic mass is 9.67. The molecular formula is C17H34IN3O2. The summed E-state index contributed by atoms with van der Waals surface area (Å²) in [6.45, 7) is 7.24. The van der Waals surface area contributed by atoms with Crippen molar-refractivity contribution in [1.82, 2.24) is 10.6 Å². The van der Waals surface area contributed by atoms with Crippen LogP contribution in [0.5, 0.6) is 0 Å². The Bertz CT molecular complexity index is 345. The van der Waals surface area contributed by atoms with Crippen molar-refractivity contribution in [1.29, 1.82) is 0 Å². The van der Waals surface area contributed by atoms with E-state index in [9.17, 15) is 0 Å². The van der Waals surface area contributed by atoms with E-state index in [1.54, 1.807) is 7.11 Å². The van der Waals surface area contributed by atoms with E-state index in [0.29, 0.717) is 5.41 Å². The maximum absolute atomic E-state index is 5.66. The van der Waals surface area contributed by atoms with Crippen molar-refractivity contribution in [3.8, 4) is 0 Å². The second-order valence-corrected chi connectivity index (χ2v) is 6.74. The average molecular weight is 439 g/mol. The van der Waals surface area contributed by atoms with Gasteiger partial charge in [0.05, 0.1) is 6.61 Å². The number of hydrogen-bond acceptors (Lipinski definition) is 3. The highest BCUT2D eigenvalue weighted by Crippen LogP contribution is 2.44. The molecule has 6 heteroatoms. The van der Waals surface area contributed by atoms with Crippen LogP contribution in [0.25, 0.3) is 0 Å². The zero-order valence-electron chi connectivity index (χ0n) is 14.7. The molecule has 0 heterocycles. The first-order chi connectivity index (χ1) is 10.8. The number of hydrogen-bond donors (Lipinski definition) is 2. The van der Waals surface area contributed by atoms with Crippen LogP contribution in [0.2, 0.25) is 0 Å². The van der Waals surface area contributed by atoms with E-state index in [1.165, 1.54) is 32.1 Å². The average Bonchev–Trinajstić information content (AvgIpc) is 3.29. The number of guanidine groups is 1. The van der Waals surface area contributed by atoms with E-state index >= 15 is 0 Å². The standard InChI is InChI=1S/C17H33N3O2.HI/c1-3-18-16(19-10-12-22-13-15-5-6-15)20-14-17(7-4-8-17)9-11-21-2;/h15H,3-14H2,1-2H3,(H2,18,19,20);1H. The van der Waals surface area contributed by atoms with E-state index in [-0.39, 0.29) is 24.0 Å². The van der Waals surface area contributed by atoms with Crippen molar-refractivity contribution >= 4 is 29.9 Å². The van der Waals surface area contributed by atoms with Crippen molar-refractivity contribution in [3.63, 3.8) is 0 Å². The van der Waals surface area contributed by atoms with Gasteiger partial charge >= 0.3 is 0 Å². The molecule has 0 aromatic heterocycles. The molecule has 2 saturated carbocycles. The Morgan fingerprint density at radius 1 is 1.22 bits per heavy atom. The third-order valence-corrected chi connectivity index (χ3v) is 4.76. The number of nitrogens with zero attached hydrogens (tertiary/aromatic N) is 1. The fraction of sp³-hybridized carbons (Fsp3) is 0.941. The van der Waals surface area contributed by atoms with Crippen LogP contribution in [0.3, 0.4) is 0 Å². The molecule has 2 aliphatic carbocycles. The topological polar surface area (TPSA) is 54.9 Å². The van der Waals surface area contributed by atoms with Crippen LogP contribution in [0.4, 0.5) is 0 Å². The zero-order valence-corrected chi connectivity index (χ0v) is 17.1. The van der Waals surface area contributed by atoms with Crippen LogP contribution < -0.4 is 10.6 Å². The summed E-state index contributed by atoms with van der Waals surface area (Å²) in [4.78, 5) is 4.79. The summed E-state index contributed by atoms with van der Waals surface area (Å²) in [5.41, 5.74) is 0.376. The van der Waals surface area contributed by atoms with E-state index in [4.69, 9.17) is 14.5 Å². The Balaban J connectivity index is 0.00000264. The number of methoxy groups -OCH3 is 1. The van der Waals surface area contributed by atoms with Crippen molar-refractivity contribution in [2.75, 3.05) is 46.6 Å². The van der Waals surface area contributed by atoms with Gasteiger partial charge in [-0.3, -0.25) is 4.99 Å². The first kappa shape index (κ1) is 21.0. The largest absolute Gasteiger partial charge is 0.385 e. The molecule has 0 aromatic rings. The Morgan fingerprint density at radius 2 is 2.00 bits per heavy atom. The molecule has 136 valence electrons. The summed E-state index contributed by atoms with van der Waals surface area (Å²) in [5, 5.41) is 6.70. The van der Waals surface area contributed by atoms with E-state index in [2.05, 4.69) is 17.6 Å². The summed E-state index contributed by atoms with van der Waals surface area (Å²) in [5.74, 6) is 1.75. The van der Waals surface area contributed by atoms with Gasteiger partial charge in [0.15, 0.2) is 5.96 Å². The van der Waals surface area contributed by atoms with Gasteiger partial charge in [-0.25, -0.2) is 0 Å². The molecule has 0 amide bonds. The van der Waals surface area contributed by atoms with Crippen LogP contribution in [0.15, 0.2) is 4.99 Å². The maximum Gasteiger partial charge on any atom is 0.191 e. The lowest BCUT2D eigenvalue weighted by molar-refractivity contribution is 0.0778. The molecular weight excluding hydrogens is 405 g/mol. The Kier molecular flexibility index (Phi) is 10.5. The highest BCUT2D eigenvalue weighted by molar-refractivity contribution is 14.0. The molecule has 5 nitrogen and oxygen atoms in total. The normalized spacial score (nSPS) is 19.7. The second-order valence-electron chi connectivity index (χ2n) is 6.74. The third kappa shape index (κ3) is 8.03. The van der Waals surface area contributed by atoms with Crippen LogP contribution in [-0.4, -0.2) is 52.5 Å². The Labute approximate surface area is 158 Å². The molecule has 0 atom stereocenters. The molecule has 2 aliphatic rings. The number of aliphatic imine (C=N–C) groups is 1. The van der Waals surface area contributed by atoms with Gasteiger partial charge in [0.25, 0.3) is 0 Å². The van der Waals surface area contributed by atoms with Crippen molar-refractivity contribution in [2.45, 2.75) is 45.4 Å². The highest BCUT2D eigenvalue weighted by atomic mass is 127. The molecule has 0 bridgehead atoms. The molecule has 0 saturated heterocycles. The summed E-state index contributed by atoms with van der Waals surface area (Å²) in [6, 6.07) is 0. The van der Waals surface area contributed by atoms with E-state index in [1.807, 2.05) is 0 Å². The van der Waals surface area contributed by atoms with Gasteiger partial charge in [0.2, 0.25) is 0 Å². The molecule has 0 aliphatic heterocycles. The summed E-state index contributed by atoms with van der Waals surface area (Å²) in [7, 11) is 1.78. The summed E-state index contributed by atoms with van der Waals surface area (Å²) in [6.07, 6.45) is 7.71. The Morgan fingerprint density at radius 3 is 2.57 bits per heavy atom. The highest BCUT2D eigenvalue weighted by Gasteiger charge is 2.36. The van der Waals surface area contributed by atoms with Crippen molar-refractivity contribution < 1.29 is 9.47 Å². The second kappa shape index (κ2) is 11.5. The molecule has 0 aromatic carbocycles. The van der Waals surface area contributed by atoms with Crippen LogP contribution in [-0.2, 0) is 9.47 Å². The minimum absolute atomic E-state index is 0. The van der Waals surface area contributed by atoms with Gasteiger partial charge in [-0.2, -0.15) is 0 Å². The van der Waals surface area contributed by atoms with Gasteiger partial charge in [-0.15, -0.1) is 24.0 Å². The van der Waals surface area contributed by atoms with Crippen molar-refractivity contribution in [2.24, 2.45) is 16.3 Å². The third-order valence-electron chi connectivity index (χ3n) is 4.76. The number of rotatable bonds is 11. The summed E-state index contributed by atoms with van der Waals surface area (Å²) >= 11 is 0. The fourth-order valence-corrected chi connectivity index (χ4v) is 2.85. The predicted octanol–water partition coefficient (Wildman–Crippen LogP) is 2.79. The van der Waals surface area contributed by atoms with E-state index in [0.717, 1.165) is 57.8 Å². The van der Waals surface area contributed by atoms with Crippen molar-refractivity contribution in [3.05, 3.63) is 0 Å². The van der Waals surface area contributed by atoms with Gasteiger partial charge in [-0.1, -0.05) is 6.42 Å². The first-order valence-corrected chi connectivity index (χ1v) is 8.87. The number of halogens is 1. The molecule has 0 spiro atoms. The molecule has 0 unspecified atom stereocenters. The minimum atomic E-state index is 0. The molecule has 2 N–H and O–H groups in total. The van der Waals surface area contributed by atoms with Crippen LogP contribution in [0.1, 0.15) is 45.4 Å². The SMILES string of the molecule is CCNC(=NCC1(CCOC)CCC1)NCCOCC1CC1.I. The van der Waals surface area contributed by atoms with Gasteiger partial charge in [0.1, 0.15) is 0 Å². The van der Waals surface area contributed by atoms with Crippen LogP contribution in [0, 0.1) is 11.3 Å². The van der Waals surface area contributed by atoms with Gasteiger partial charge < -0.3 is 20.1 Å². The number of ether oxygens (including phenoxy) is 2. The van der Waals surface area contributed by atoms with Crippen LogP contribution >= 0.6 is 24.0 Å². The smallest absolute Gasteiger partial charge is 0.191 e. The Hall–Kier alpha value is -0.0800. The fourth-order valence-electron chi connectivity index (χ4n) is 2.85. The first-order valence-electron chi connectivity index (χ1n) is 8.87. The lowest BCUT2D eigenvalue weighted by Crippen LogP contribution is -2.41. The maximum atomic E-state index is 5.66. The molecule has 2 fully saturated rings. The predicted molar refractivity (Wildman–Crippen MR) is 106 cm³/mol. The zero-order chi connectivity index (χ0) is 15.7.